The highest BCUT2D eigenvalue weighted by Crippen LogP contribution is 2.31. The summed E-state index contributed by atoms with van der Waals surface area (Å²) in [7, 11) is 1.64. The summed E-state index contributed by atoms with van der Waals surface area (Å²) in [4.78, 5) is 37.1. The molecule has 1 unspecified atom stereocenters. The Kier molecular flexibility index (Phi) is 12.8. The number of benzene rings is 2. The van der Waals surface area contributed by atoms with Crippen molar-refractivity contribution in [2.75, 3.05) is 52.9 Å². The van der Waals surface area contributed by atoms with Gasteiger partial charge < -0.3 is 35.8 Å². The van der Waals surface area contributed by atoms with Gasteiger partial charge in [0.25, 0.3) is 5.91 Å². The minimum absolute atomic E-state index is 0.0193. The molecule has 244 valence electrons. The highest BCUT2D eigenvalue weighted by atomic mass is 35.5. The van der Waals surface area contributed by atoms with Crippen LogP contribution in [0.1, 0.15) is 47.5 Å². The number of halogens is 4. The number of hydrogen-bond acceptors (Lipinski definition) is 7. The van der Waals surface area contributed by atoms with Gasteiger partial charge in [0.1, 0.15) is 0 Å². The van der Waals surface area contributed by atoms with Crippen LogP contribution in [0.15, 0.2) is 46.7 Å². The number of urea groups is 1. The lowest BCUT2D eigenvalue weighted by Gasteiger charge is -2.40. The monoisotopic (exact) mass is 699 g/mol. The normalized spacial score (nSPS) is 17.6. The molecule has 0 spiro atoms. The van der Waals surface area contributed by atoms with Gasteiger partial charge in [0.15, 0.2) is 12.4 Å². The average Bonchev–Trinajstić information content (AvgIpc) is 3.02. The Balaban J connectivity index is 1.55. The number of piperidine rings is 1. The summed E-state index contributed by atoms with van der Waals surface area (Å²) in [5.74, 6) is -0.816. The maximum atomic E-state index is 13.4. The number of nitrogens with one attached hydrogen (secondary N) is 1. The summed E-state index contributed by atoms with van der Waals surface area (Å²) < 4.78 is 0. The second-order valence-electron chi connectivity index (χ2n) is 11.1. The highest BCUT2D eigenvalue weighted by Gasteiger charge is 2.30. The van der Waals surface area contributed by atoms with Gasteiger partial charge in [-0.3, -0.25) is 4.79 Å². The van der Waals surface area contributed by atoms with E-state index in [2.05, 4.69) is 20.5 Å². The molecule has 2 aliphatic heterocycles. The molecule has 1 atom stereocenters. The third-order valence-electron chi connectivity index (χ3n) is 7.97. The van der Waals surface area contributed by atoms with Gasteiger partial charge in [0.05, 0.1) is 22.3 Å². The first-order chi connectivity index (χ1) is 21.5. The topological polar surface area (TPSA) is 136 Å². The predicted octanol–water partition coefficient (Wildman–Crippen LogP) is 5.54. The fraction of sp³-hybridized carbons (Fsp3) is 0.467. The number of rotatable bonds is 12. The number of likely N-dealkylation sites (tertiary alicyclic amines) is 1. The maximum Gasteiger partial charge on any atom is 0.317 e. The van der Waals surface area contributed by atoms with Gasteiger partial charge in [-0.15, -0.1) is 0 Å². The van der Waals surface area contributed by atoms with Crippen molar-refractivity contribution in [3.05, 3.63) is 67.6 Å². The summed E-state index contributed by atoms with van der Waals surface area (Å²) in [6, 6.07) is 10.3. The molecular weight excluding hydrogens is 664 g/mol. The molecule has 3 amide bonds. The van der Waals surface area contributed by atoms with Gasteiger partial charge in [-0.05, 0) is 68.1 Å². The van der Waals surface area contributed by atoms with E-state index in [-0.39, 0.29) is 42.9 Å². The van der Waals surface area contributed by atoms with Gasteiger partial charge in [0.2, 0.25) is 0 Å². The fourth-order valence-corrected chi connectivity index (χ4v) is 6.48. The molecule has 2 aromatic carbocycles. The van der Waals surface area contributed by atoms with E-state index in [0.717, 1.165) is 51.0 Å². The van der Waals surface area contributed by atoms with Gasteiger partial charge in [-0.25, -0.2) is 4.79 Å². The summed E-state index contributed by atoms with van der Waals surface area (Å²) in [6.45, 7) is 3.72. The Morgan fingerprint density at radius 1 is 1.11 bits per heavy atom. The van der Waals surface area contributed by atoms with E-state index in [4.69, 9.17) is 62.2 Å². The molecule has 4 rings (SSSR count). The molecule has 0 radical (unpaired) electrons. The van der Waals surface area contributed by atoms with Crippen LogP contribution in [0.5, 0.6) is 0 Å². The number of oxime groups is 2. The standard InChI is InChI=1S/C30H37Cl4N7O4/c1-39(29(42)20-13-21(31)16-22(32)14-20)17-27(38-45-18-28(35)37-44)24(19-3-4-25(33)26(34)15-19)7-12-40-10-5-23(6-11-40)41-9-2-8-36-30(41)43/h3-4,13-16,23-24,44H,2,5-12,17-18H2,1H3,(H2,35,37)(H,36,43)/b38-27+. The van der Waals surface area contributed by atoms with E-state index in [9.17, 15) is 9.59 Å². The predicted molar refractivity (Wildman–Crippen MR) is 178 cm³/mol. The largest absolute Gasteiger partial charge is 0.409 e. The van der Waals surface area contributed by atoms with Crippen molar-refractivity contribution < 1.29 is 19.6 Å². The minimum atomic E-state index is -0.337. The number of amides is 3. The van der Waals surface area contributed by atoms with Crippen molar-refractivity contribution in [1.29, 1.82) is 0 Å². The molecule has 2 heterocycles. The first-order valence-corrected chi connectivity index (χ1v) is 16.1. The number of nitrogens with zero attached hydrogens (tertiary/aromatic N) is 5. The zero-order valence-corrected chi connectivity index (χ0v) is 27.9. The lowest BCUT2D eigenvalue weighted by molar-refractivity contribution is 0.0811. The molecule has 0 saturated carbocycles. The third-order valence-corrected chi connectivity index (χ3v) is 9.15. The Morgan fingerprint density at radius 3 is 2.47 bits per heavy atom. The molecule has 11 nitrogen and oxygen atoms in total. The van der Waals surface area contributed by atoms with Crippen LogP contribution < -0.4 is 11.1 Å². The van der Waals surface area contributed by atoms with Crippen LogP contribution in [0.25, 0.3) is 0 Å². The van der Waals surface area contributed by atoms with Crippen molar-refractivity contribution >= 4 is 69.9 Å². The molecule has 45 heavy (non-hydrogen) atoms. The highest BCUT2D eigenvalue weighted by molar-refractivity contribution is 6.42. The summed E-state index contributed by atoms with van der Waals surface area (Å²) in [5.41, 5.74) is 7.29. The average molecular weight is 701 g/mol. The van der Waals surface area contributed by atoms with Crippen LogP contribution in [-0.4, -0.2) is 102 Å². The maximum absolute atomic E-state index is 13.4. The number of nitrogens with two attached hydrogens (primary N) is 1. The lowest BCUT2D eigenvalue weighted by atomic mass is 9.89. The molecule has 2 saturated heterocycles. The van der Waals surface area contributed by atoms with E-state index in [1.54, 1.807) is 37.4 Å². The van der Waals surface area contributed by atoms with Gasteiger partial charge in [-0.1, -0.05) is 62.8 Å². The van der Waals surface area contributed by atoms with Crippen molar-refractivity contribution in [2.24, 2.45) is 16.0 Å². The summed E-state index contributed by atoms with van der Waals surface area (Å²) in [5, 5.41) is 20.7. The quantitative estimate of drug-likeness (QED) is 0.115. The van der Waals surface area contributed by atoms with Gasteiger partial charge >= 0.3 is 6.03 Å². The van der Waals surface area contributed by atoms with Crippen LogP contribution in [0.2, 0.25) is 20.1 Å². The molecule has 4 N–H and O–H groups in total. The Morgan fingerprint density at radius 2 is 1.82 bits per heavy atom. The third kappa shape index (κ3) is 9.76. The Hall–Kier alpha value is -2.96. The van der Waals surface area contributed by atoms with Gasteiger partial charge in [0, 0.05) is 60.8 Å². The molecular formula is C30H37Cl4N7O4. The molecule has 2 aliphatic rings. The van der Waals surface area contributed by atoms with E-state index < -0.39 is 0 Å². The number of hydrogen-bond donors (Lipinski definition) is 3. The number of carbonyl (C=O) groups is 2. The lowest BCUT2D eigenvalue weighted by Crippen LogP contribution is -2.54. The Labute approximate surface area is 282 Å². The van der Waals surface area contributed by atoms with Crippen LogP contribution in [0.3, 0.4) is 0 Å². The van der Waals surface area contributed by atoms with Crippen molar-refractivity contribution in [1.82, 2.24) is 20.0 Å². The SMILES string of the molecule is CN(C/C(=N\OC/C(N)=N/O)C(CCN1CCC(N2CCCNC2=O)CC1)c1ccc(Cl)c(Cl)c1)C(=O)c1cc(Cl)cc(Cl)c1. The molecule has 0 bridgehead atoms. The Bertz CT molecular complexity index is 1400. The summed E-state index contributed by atoms with van der Waals surface area (Å²) in [6.07, 6.45) is 3.34. The molecule has 2 fully saturated rings. The van der Waals surface area contributed by atoms with E-state index in [0.29, 0.717) is 44.3 Å². The molecule has 0 aliphatic carbocycles. The first-order valence-electron chi connectivity index (χ1n) is 14.6. The van der Waals surface area contributed by atoms with Crippen molar-refractivity contribution in [3.8, 4) is 0 Å². The summed E-state index contributed by atoms with van der Waals surface area (Å²) >= 11 is 25.0. The smallest absolute Gasteiger partial charge is 0.317 e. The second kappa shape index (κ2) is 16.6. The fourth-order valence-electron chi connectivity index (χ4n) is 5.64. The molecule has 2 aromatic rings. The van der Waals surface area contributed by atoms with Crippen molar-refractivity contribution in [3.63, 3.8) is 0 Å². The van der Waals surface area contributed by atoms with Crippen LogP contribution in [0.4, 0.5) is 4.79 Å². The van der Waals surface area contributed by atoms with Crippen LogP contribution >= 0.6 is 46.4 Å². The van der Waals surface area contributed by atoms with E-state index in [1.165, 1.54) is 4.90 Å². The first kappa shape index (κ1) is 34.9. The van der Waals surface area contributed by atoms with E-state index >= 15 is 0 Å². The van der Waals surface area contributed by atoms with E-state index in [1.807, 2.05) is 11.0 Å². The number of carbonyl (C=O) groups excluding carboxylic acids is 2. The molecule has 0 aromatic heterocycles. The van der Waals surface area contributed by atoms with Crippen molar-refractivity contribution in [2.45, 2.75) is 37.6 Å². The molecule has 15 heteroatoms. The van der Waals surface area contributed by atoms with Gasteiger partial charge in [-0.2, -0.15) is 0 Å². The zero-order chi connectivity index (χ0) is 32.5. The second-order valence-corrected chi connectivity index (χ2v) is 12.8. The number of amidine groups is 1. The zero-order valence-electron chi connectivity index (χ0n) is 24.9. The minimum Gasteiger partial charge on any atom is -0.409 e. The van der Waals surface area contributed by atoms with Crippen LogP contribution in [0, 0.1) is 0 Å². The van der Waals surface area contributed by atoms with Crippen LogP contribution in [-0.2, 0) is 4.84 Å².